The van der Waals surface area contributed by atoms with Crippen molar-refractivity contribution >= 4 is 0 Å². The molecule has 2 heteroatoms. The van der Waals surface area contributed by atoms with Crippen molar-refractivity contribution in [3.8, 4) is 0 Å². The lowest BCUT2D eigenvalue weighted by Gasteiger charge is -2.38. The maximum absolute atomic E-state index is 5.35. The van der Waals surface area contributed by atoms with E-state index in [1.807, 2.05) is 7.11 Å². The summed E-state index contributed by atoms with van der Waals surface area (Å²) in [5, 5.41) is 3.61. The summed E-state index contributed by atoms with van der Waals surface area (Å²) in [5.74, 6) is 3.32. The van der Waals surface area contributed by atoms with Gasteiger partial charge in [-0.05, 0) is 56.0 Å². The second-order valence-electron chi connectivity index (χ2n) is 5.98. The van der Waals surface area contributed by atoms with Gasteiger partial charge in [0.1, 0.15) is 0 Å². The predicted molar refractivity (Wildman–Crippen MR) is 74.2 cm³/mol. The second-order valence-corrected chi connectivity index (χ2v) is 5.98. The number of hydrogen-bond donors (Lipinski definition) is 1. The second kappa shape index (κ2) is 8.10. The molecule has 0 bridgehead atoms. The quantitative estimate of drug-likeness (QED) is 0.690. The molecule has 0 amide bonds. The predicted octanol–water partition coefficient (Wildman–Crippen LogP) is 3.32. The van der Waals surface area contributed by atoms with Gasteiger partial charge in [0.05, 0.1) is 0 Å². The topological polar surface area (TPSA) is 21.3 Å². The first-order chi connectivity index (χ1) is 8.19. The van der Waals surface area contributed by atoms with Gasteiger partial charge in [-0.2, -0.15) is 0 Å². The zero-order chi connectivity index (χ0) is 12.7. The van der Waals surface area contributed by atoms with Crippen molar-refractivity contribution < 1.29 is 4.74 Å². The van der Waals surface area contributed by atoms with E-state index >= 15 is 0 Å². The fourth-order valence-electron chi connectivity index (χ4n) is 3.29. The number of ether oxygens (including phenoxy) is 1. The molecule has 102 valence electrons. The summed E-state index contributed by atoms with van der Waals surface area (Å²) in [6, 6.07) is 0. The van der Waals surface area contributed by atoms with Crippen molar-refractivity contribution in [1.29, 1.82) is 0 Å². The van der Waals surface area contributed by atoms with Crippen molar-refractivity contribution in [3.63, 3.8) is 0 Å². The molecular formula is C15H31NO. The SMILES string of the molecule is CCCNCC1CCC(C)CC1C(C)COC. The van der Waals surface area contributed by atoms with Crippen molar-refractivity contribution in [2.24, 2.45) is 23.7 Å². The summed E-state index contributed by atoms with van der Waals surface area (Å²) in [6.07, 6.45) is 5.44. The molecule has 1 saturated carbocycles. The third-order valence-corrected chi connectivity index (χ3v) is 4.30. The molecule has 0 radical (unpaired) electrons. The fourth-order valence-corrected chi connectivity index (χ4v) is 3.29. The normalized spacial score (nSPS) is 31.4. The zero-order valence-electron chi connectivity index (χ0n) is 12.2. The highest BCUT2D eigenvalue weighted by atomic mass is 16.5. The van der Waals surface area contributed by atoms with Crippen LogP contribution in [0.5, 0.6) is 0 Å². The molecule has 0 aliphatic heterocycles. The van der Waals surface area contributed by atoms with Gasteiger partial charge in [-0.15, -0.1) is 0 Å². The van der Waals surface area contributed by atoms with E-state index in [0.717, 1.165) is 30.9 Å². The van der Waals surface area contributed by atoms with Gasteiger partial charge in [0.25, 0.3) is 0 Å². The molecule has 0 heterocycles. The van der Waals surface area contributed by atoms with Crippen LogP contribution in [0.25, 0.3) is 0 Å². The number of hydrogen-bond acceptors (Lipinski definition) is 2. The Labute approximate surface area is 108 Å². The largest absolute Gasteiger partial charge is 0.384 e. The minimum Gasteiger partial charge on any atom is -0.384 e. The van der Waals surface area contributed by atoms with Gasteiger partial charge in [0.2, 0.25) is 0 Å². The standard InChI is InChI=1S/C15H31NO/c1-5-8-16-10-14-7-6-12(2)9-15(14)13(3)11-17-4/h12-16H,5-11H2,1-4H3. The van der Waals surface area contributed by atoms with E-state index in [9.17, 15) is 0 Å². The monoisotopic (exact) mass is 241 g/mol. The highest BCUT2D eigenvalue weighted by molar-refractivity contribution is 4.83. The highest BCUT2D eigenvalue weighted by Crippen LogP contribution is 2.37. The van der Waals surface area contributed by atoms with Gasteiger partial charge in [-0.3, -0.25) is 0 Å². The van der Waals surface area contributed by atoms with Crippen LogP contribution in [0.15, 0.2) is 0 Å². The minimum absolute atomic E-state index is 0.705. The Bertz CT molecular complexity index is 195. The van der Waals surface area contributed by atoms with Crippen LogP contribution in [0, 0.1) is 23.7 Å². The molecular weight excluding hydrogens is 210 g/mol. The van der Waals surface area contributed by atoms with Crippen LogP contribution in [-0.4, -0.2) is 26.8 Å². The van der Waals surface area contributed by atoms with Gasteiger partial charge >= 0.3 is 0 Å². The maximum Gasteiger partial charge on any atom is 0.0490 e. The van der Waals surface area contributed by atoms with Gasteiger partial charge in [0, 0.05) is 13.7 Å². The van der Waals surface area contributed by atoms with Crippen molar-refractivity contribution in [2.45, 2.75) is 46.5 Å². The average molecular weight is 241 g/mol. The number of methoxy groups -OCH3 is 1. The zero-order valence-corrected chi connectivity index (χ0v) is 12.2. The minimum atomic E-state index is 0.705. The molecule has 1 rings (SSSR count). The van der Waals surface area contributed by atoms with Crippen LogP contribution in [-0.2, 0) is 4.74 Å². The Hall–Kier alpha value is -0.0800. The maximum atomic E-state index is 5.35. The highest BCUT2D eigenvalue weighted by Gasteiger charge is 2.31. The Kier molecular flexibility index (Phi) is 7.14. The molecule has 17 heavy (non-hydrogen) atoms. The van der Waals surface area contributed by atoms with Crippen LogP contribution < -0.4 is 5.32 Å². The summed E-state index contributed by atoms with van der Waals surface area (Å²) < 4.78 is 5.35. The van der Waals surface area contributed by atoms with E-state index in [-0.39, 0.29) is 0 Å². The van der Waals surface area contributed by atoms with Crippen LogP contribution >= 0.6 is 0 Å². The first-order valence-electron chi connectivity index (χ1n) is 7.38. The van der Waals surface area contributed by atoms with Crippen LogP contribution in [0.2, 0.25) is 0 Å². The number of nitrogens with one attached hydrogen (secondary N) is 1. The van der Waals surface area contributed by atoms with Crippen molar-refractivity contribution in [3.05, 3.63) is 0 Å². The van der Waals surface area contributed by atoms with Gasteiger partial charge in [-0.1, -0.05) is 27.2 Å². The number of rotatable bonds is 7. The Morgan fingerprint density at radius 1 is 1.35 bits per heavy atom. The Morgan fingerprint density at radius 3 is 2.76 bits per heavy atom. The van der Waals surface area contributed by atoms with Gasteiger partial charge in [0.15, 0.2) is 0 Å². The average Bonchev–Trinajstić information content (AvgIpc) is 2.31. The van der Waals surface area contributed by atoms with E-state index in [4.69, 9.17) is 4.74 Å². The summed E-state index contributed by atoms with van der Waals surface area (Å²) in [6.45, 7) is 10.3. The van der Waals surface area contributed by atoms with Crippen LogP contribution in [0.3, 0.4) is 0 Å². The van der Waals surface area contributed by atoms with E-state index in [1.165, 1.54) is 32.2 Å². The molecule has 1 aliphatic carbocycles. The molecule has 1 aliphatic rings. The molecule has 0 aromatic heterocycles. The first kappa shape index (κ1) is 15.0. The van der Waals surface area contributed by atoms with Crippen molar-refractivity contribution in [1.82, 2.24) is 5.32 Å². The molecule has 0 aromatic carbocycles. The molecule has 0 spiro atoms. The summed E-state index contributed by atoms with van der Waals surface area (Å²) >= 11 is 0. The first-order valence-corrected chi connectivity index (χ1v) is 7.38. The molecule has 2 nitrogen and oxygen atoms in total. The van der Waals surface area contributed by atoms with Crippen LogP contribution in [0.1, 0.15) is 46.5 Å². The molecule has 0 saturated heterocycles. The summed E-state index contributed by atoms with van der Waals surface area (Å²) in [7, 11) is 1.83. The smallest absolute Gasteiger partial charge is 0.0490 e. The summed E-state index contributed by atoms with van der Waals surface area (Å²) in [4.78, 5) is 0. The molecule has 0 aromatic rings. The van der Waals surface area contributed by atoms with E-state index in [0.29, 0.717) is 5.92 Å². The lowest BCUT2D eigenvalue weighted by molar-refractivity contribution is 0.0689. The lowest BCUT2D eigenvalue weighted by atomic mass is 9.69. The van der Waals surface area contributed by atoms with E-state index in [2.05, 4.69) is 26.1 Å². The Morgan fingerprint density at radius 2 is 2.12 bits per heavy atom. The molecule has 1 N–H and O–H groups in total. The molecule has 1 fully saturated rings. The third-order valence-electron chi connectivity index (χ3n) is 4.30. The van der Waals surface area contributed by atoms with Gasteiger partial charge < -0.3 is 10.1 Å². The van der Waals surface area contributed by atoms with Gasteiger partial charge in [-0.25, -0.2) is 0 Å². The molecule has 4 unspecified atom stereocenters. The third kappa shape index (κ3) is 4.97. The van der Waals surface area contributed by atoms with E-state index in [1.54, 1.807) is 0 Å². The fraction of sp³-hybridized carbons (Fsp3) is 1.00. The lowest BCUT2D eigenvalue weighted by Crippen LogP contribution is -2.37. The summed E-state index contributed by atoms with van der Waals surface area (Å²) in [5.41, 5.74) is 0. The Balaban J connectivity index is 2.45. The van der Waals surface area contributed by atoms with Crippen molar-refractivity contribution in [2.75, 3.05) is 26.8 Å². The van der Waals surface area contributed by atoms with Crippen LogP contribution in [0.4, 0.5) is 0 Å². The van der Waals surface area contributed by atoms with E-state index < -0.39 is 0 Å². The molecule has 4 atom stereocenters.